The molecule has 0 bridgehead atoms. The minimum absolute atomic E-state index is 0.860. The van der Waals surface area contributed by atoms with Gasteiger partial charge in [0.15, 0.2) is 0 Å². The first kappa shape index (κ1) is 13.7. The van der Waals surface area contributed by atoms with Crippen LogP contribution in [0.2, 0.25) is 0 Å². The van der Waals surface area contributed by atoms with E-state index in [-0.39, 0.29) is 0 Å². The molecule has 0 aliphatic rings. The van der Waals surface area contributed by atoms with Crippen LogP contribution < -0.4 is 10.1 Å². The van der Waals surface area contributed by atoms with Crippen molar-refractivity contribution in [1.29, 1.82) is 0 Å². The summed E-state index contributed by atoms with van der Waals surface area (Å²) >= 11 is 6.96. The van der Waals surface area contributed by atoms with E-state index in [1.807, 2.05) is 19.2 Å². The van der Waals surface area contributed by atoms with E-state index in [1.54, 1.807) is 7.11 Å². The Hall–Kier alpha value is -0.320. The van der Waals surface area contributed by atoms with Crippen molar-refractivity contribution < 1.29 is 4.74 Å². The van der Waals surface area contributed by atoms with Crippen molar-refractivity contribution in [2.75, 3.05) is 20.7 Å². The molecule has 1 N–H and O–H groups in total. The molecule has 0 amide bonds. The van der Waals surface area contributed by atoms with Gasteiger partial charge in [-0.05, 0) is 42.0 Å². The van der Waals surface area contributed by atoms with Gasteiger partial charge in [0, 0.05) is 16.6 Å². The van der Waals surface area contributed by atoms with Crippen LogP contribution in [0.15, 0.2) is 26.7 Å². The second-order valence-corrected chi connectivity index (χ2v) is 5.30. The molecule has 0 fully saturated rings. The average Bonchev–Trinajstić information content (AvgIpc) is 2.17. The maximum Gasteiger partial charge on any atom is 0.140 e. The molecule has 0 aromatic heterocycles. The molecule has 0 heterocycles. The Morgan fingerprint density at radius 1 is 1.44 bits per heavy atom. The van der Waals surface area contributed by atoms with Crippen molar-refractivity contribution in [3.05, 3.63) is 32.2 Å². The zero-order valence-electron chi connectivity index (χ0n) is 9.60. The molecule has 0 saturated carbocycles. The standard InChI is InChI=1S/C12H15Br2NO/c1-8(7-15-2)4-9-5-10(13)6-11(14)12(9)16-3/h4-6,15H,7H2,1-3H3. The van der Waals surface area contributed by atoms with E-state index >= 15 is 0 Å². The van der Waals surface area contributed by atoms with Crippen molar-refractivity contribution >= 4 is 37.9 Å². The molecular formula is C12H15Br2NO. The Labute approximate surface area is 113 Å². The first-order chi connectivity index (χ1) is 7.58. The minimum atomic E-state index is 0.860. The molecule has 1 aromatic rings. The molecule has 1 aromatic carbocycles. The van der Waals surface area contributed by atoms with Crippen molar-refractivity contribution in [2.24, 2.45) is 0 Å². The molecule has 0 saturated heterocycles. The summed E-state index contributed by atoms with van der Waals surface area (Å²) in [5, 5.41) is 3.12. The molecule has 4 heteroatoms. The van der Waals surface area contributed by atoms with Crippen LogP contribution >= 0.6 is 31.9 Å². The maximum absolute atomic E-state index is 5.38. The first-order valence-electron chi connectivity index (χ1n) is 4.93. The van der Waals surface area contributed by atoms with E-state index in [0.29, 0.717) is 0 Å². The third-order valence-corrected chi connectivity index (χ3v) is 3.15. The van der Waals surface area contributed by atoms with E-state index < -0.39 is 0 Å². The zero-order chi connectivity index (χ0) is 12.1. The summed E-state index contributed by atoms with van der Waals surface area (Å²) in [5.74, 6) is 0.860. The monoisotopic (exact) mass is 347 g/mol. The van der Waals surface area contributed by atoms with Gasteiger partial charge in [0.25, 0.3) is 0 Å². The van der Waals surface area contributed by atoms with E-state index in [2.05, 4.69) is 50.2 Å². The molecule has 0 radical (unpaired) electrons. The average molecular weight is 349 g/mol. The molecule has 0 spiro atoms. The number of hydrogen-bond acceptors (Lipinski definition) is 2. The van der Waals surface area contributed by atoms with Gasteiger partial charge in [-0.3, -0.25) is 0 Å². The summed E-state index contributed by atoms with van der Waals surface area (Å²) in [6.07, 6.45) is 2.12. The number of methoxy groups -OCH3 is 1. The lowest BCUT2D eigenvalue weighted by Crippen LogP contribution is -2.08. The second-order valence-electron chi connectivity index (χ2n) is 3.53. The SMILES string of the molecule is CNCC(C)=Cc1cc(Br)cc(Br)c1OC. The van der Waals surface area contributed by atoms with Crippen LogP contribution in [-0.4, -0.2) is 20.7 Å². The highest BCUT2D eigenvalue weighted by molar-refractivity contribution is 9.11. The number of likely N-dealkylation sites (N-methyl/N-ethyl adjacent to an activating group) is 1. The fourth-order valence-corrected chi connectivity index (χ4v) is 2.92. The van der Waals surface area contributed by atoms with E-state index in [9.17, 15) is 0 Å². The number of benzene rings is 1. The van der Waals surface area contributed by atoms with Crippen LogP contribution in [0, 0.1) is 0 Å². The van der Waals surface area contributed by atoms with Crippen LogP contribution in [0.4, 0.5) is 0 Å². The number of rotatable bonds is 4. The van der Waals surface area contributed by atoms with Crippen molar-refractivity contribution in [3.8, 4) is 5.75 Å². The minimum Gasteiger partial charge on any atom is -0.495 e. The Kier molecular flexibility index (Phi) is 5.52. The molecule has 0 aliphatic heterocycles. The van der Waals surface area contributed by atoms with Crippen LogP contribution in [0.1, 0.15) is 12.5 Å². The highest BCUT2D eigenvalue weighted by Gasteiger charge is 2.07. The fraction of sp³-hybridized carbons (Fsp3) is 0.333. The van der Waals surface area contributed by atoms with E-state index in [1.165, 1.54) is 5.57 Å². The summed E-state index contributed by atoms with van der Waals surface area (Å²) in [6.45, 7) is 2.96. The number of halogens is 2. The summed E-state index contributed by atoms with van der Waals surface area (Å²) in [4.78, 5) is 0. The van der Waals surface area contributed by atoms with Crippen LogP contribution in [0.3, 0.4) is 0 Å². The highest BCUT2D eigenvalue weighted by Crippen LogP contribution is 2.33. The molecular weight excluding hydrogens is 334 g/mol. The predicted molar refractivity (Wildman–Crippen MR) is 76.0 cm³/mol. The molecule has 0 aliphatic carbocycles. The molecule has 0 atom stereocenters. The lowest BCUT2D eigenvalue weighted by atomic mass is 10.1. The maximum atomic E-state index is 5.38. The number of nitrogens with one attached hydrogen (secondary N) is 1. The zero-order valence-corrected chi connectivity index (χ0v) is 12.8. The number of hydrogen-bond donors (Lipinski definition) is 1. The second kappa shape index (κ2) is 6.42. The van der Waals surface area contributed by atoms with Gasteiger partial charge in [-0.2, -0.15) is 0 Å². The van der Waals surface area contributed by atoms with Gasteiger partial charge in [-0.1, -0.05) is 27.6 Å². The third kappa shape index (κ3) is 3.61. The Morgan fingerprint density at radius 3 is 2.69 bits per heavy atom. The lowest BCUT2D eigenvalue weighted by Gasteiger charge is -2.09. The van der Waals surface area contributed by atoms with Crippen molar-refractivity contribution in [3.63, 3.8) is 0 Å². The topological polar surface area (TPSA) is 21.3 Å². The van der Waals surface area contributed by atoms with Crippen LogP contribution in [0.5, 0.6) is 5.75 Å². The van der Waals surface area contributed by atoms with Crippen LogP contribution in [-0.2, 0) is 0 Å². The summed E-state index contributed by atoms with van der Waals surface area (Å²) < 4.78 is 7.36. The quantitative estimate of drug-likeness (QED) is 0.892. The largest absolute Gasteiger partial charge is 0.495 e. The van der Waals surface area contributed by atoms with Crippen LogP contribution in [0.25, 0.3) is 6.08 Å². The Bertz CT molecular complexity index is 402. The van der Waals surface area contributed by atoms with Gasteiger partial charge in [-0.15, -0.1) is 0 Å². The van der Waals surface area contributed by atoms with Gasteiger partial charge >= 0.3 is 0 Å². The van der Waals surface area contributed by atoms with Crippen molar-refractivity contribution in [1.82, 2.24) is 5.32 Å². The van der Waals surface area contributed by atoms with Gasteiger partial charge in [-0.25, -0.2) is 0 Å². The van der Waals surface area contributed by atoms with E-state index in [4.69, 9.17) is 4.74 Å². The van der Waals surface area contributed by atoms with Gasteiger partial charge in [0.05, 0.1) is 11.6 Å². The Balaban J connectivity index is 3.16. The lowest BCUT2D eigenvalue weighted by molar-refractivity contribution is 0.411. The number of ether oxygens (including phenoxy) is 1. The Morgan fingerprint density at radius 2 is 2.12 bits per heavy atom. The third-order valence-electron chi connectivity index (χ3n) is 2.10. The first-order valence-corrected chi connectivity index (χ1v) is 6.52. The molecule has 16 heavy (non-hydrogen) atoms. The molecule has 1 rings (SSSR count). The molecule has 88 valence electrons. The van der Waals surface area contributed by atoms with Gasteiger partial charge in [0.2, 0.25) is 0 Å². The summed E-state index contributed by atoms with van der Waals surface area (Å²) in [6, 6.07) is 4.02. The van der Waals surface area contributed by atoms with Gasteiger partial charge in [0.1, 0.15) is 5.75 Å². The molecule has 2 nitrogen and oxygen atoms in total. The van der Waals surface area contributed by atoms with Crippen molar-refractivity contribution in [2.45, 2.75) is 6.92 Å². The van der Waals surface area contributed by atoms with E-state index in [0.717, 1.165) is 26.8 Å². The summed E-state index contributed by atoms with van der Waals surface area (Å²) in [7, 11) is 3.62. The van der Waals surface area contributed by atoms with Gasteiger partial charge < -0.3 is 10.1 Å². The summed E-state index contributed by atoms with van der Waals surface area (Å²) in [5.41, 5.74) is 2.32. The smallest absolute Gasteiger partial charge is 0.140 e. The highest BCUT2D eigenvalue weighted by atomic mass is 79.9. The molecule has 0 unspecified atom stereocenters. The predicted octanol–water partition coefficient (Wildman–Crippen LogP) is 3.84. The normalized spacial score (nSPS) is 11.7. The fourth-order valence-electron chi connectivity index (χ4n) is 1.50.